The second-order valence-electron chi connectivity index (χ2n) is 4.44. The predicted octanol–water partition coefficient (Wildman–Crippen LogP) is 0.318. The normalized spacial score (nSPS) is 27.5. The molecule has 0 amide bonds. The molecular formula is C10H20N2O. The first-order valence-electron chi connectivity index (χ1n) is 5.27. The van der Waals surface area contributed by atoms with Crippen LogP contribution in [-0.2, 0) is 4.74 Å². The molecule has 2 heterocycles. The summed E-state index contributed by atoms with van der Waals surface area (Å²) in [6.07, 6.45) is 2.76. The standard InChI is InChI=1S/C10H20N2O/c1-13-7-6-12-4-2-10(3-5-12)8-11-9-10/h11H,2-9H2,1H3. The first kappa shape index (κ1) is 9.44. The van der Waals surface area contributed by atoms with Crippen LogP contribution in [0.2, 0.25) is 0 Å². The number of methoxy groups -OCH3 is 1. The molecule has 2 saturated heterocycles. The quantitative estimate of drug-likeness (QED) is 0.683. The lowest BCUT2D eigenvalue weighted by atomic mass is 9.73. The van der Waals surface area contributed by atoms with Gasteiger partial charge in [-0.15, -0.1) is 0 Å². The summed E-state index contributed by atoms with van der Waals surface area (Å²) in [5.41, 5.74) is 0.684. The Labute approximate surface area is 80.4 Å². The van der Waals surface area contributed by atoms with Crippen LogP contribution in [-0.4, -0.2) is 51.3 Å². The molecule has 0 aromatic rings. The van der Waals surface area contributed by atoms with E-state index in [9.17, 15) is 0 Å². The number of piperidine rings is 1. The van der Waals surface area contributed by atoms with Gasteiger partial charge in [0.15, 0.2) is 0 Å². The maximum Gasteiger partial charge on any atom is 0.0589 e. The van der Waals surface area contributed by atoms with E-state index in [1.54, 1.807) is 7.11 Å². The monoisotopic (exact) mass is 184 g/mol. The van der Waals surface area contributed by atoms with Crippen LogP contribution < -0.4 is 5.32 Å². The number of hydrogen-bond donors (Lipinski definition) is 1. The molecule has 0 atom stereocenters. The molecule has 1 N–H and O–H groups in total. The Bertz CT molecular complexity index is 158. The van der Waals surface area contributed by atoms with Gasteiger partial charge in [0.05, 0.1) is 6.61 Å². The van der Waals surface area contributed by atoms with E-state index in [4.69, 9.17) is 4.74 Å². The van der Waals surface area contributed by atoms with Gasteiger partial charge in [-0.3, -0.25) is 0 Å². The molecule has 3 nitrogen and oxygen atoms in total. The molecule has 0 aromatic carbocycles. The highest BCUT2D eigenvalue weighted by Crippen LogP contribution is 2.34. The predicted molar refractivity (Wildman–Crippen MR) is 52.9 cm³/mol. The van der Waals surface area contributed by atoms with Gasteiger partial charge in [-0.05, 0) is 31.3 Å². The van der Waals surface area contributed by atoms with Gasteiger partial charge in [0.25, 0.3) is 0 Å². The van der Waals surface area contributed by atoms with E-state index in [1.807, 2.05) is 0 Å². The van der Waals surface area contributed by atoms with Gasteiger partial charge in [-0.2, -0.15) is 0 Å². The average Bonchev–Trinajstić information content (AvgIpc) is 2.13. The van der Waals surface area contributed by atoms with Crippen molar-refractivity contribution in [3.63, 3.8) is 0 Å². The van der Waals surface area contributed by atoms with E-state index >= 15 is 0 Å². The average molecular weight is 184 g/mol. The Morgan fingerprint density at radius 1 is 1.31 bits per heavy atom. The fourth-order valence-electron chi connectivity index (χ4n) is 2.30. The van der Waals surface area contributed by atoms with Gasteiger partial charge < -0.3 is 15.0 Å². The summed E-state index contributed by atoms with van der Waals surface area (Å²) in [7, 11) is 1.78. The minimum atomic E-state index is 0.684. The highest BCUT2D eigenvalue weighted by molar-refractivity contribution is 4.95. The number of likely N-dealkylation sites (tertiary alicyclic amines) is 1. The Hall–Kier alpha value is -0.120. The lowest BCUT2D eigenvalue weighted by Crippen LogP contribution is -2.58. The zero-order valence-electron chi connectivity index (χ0n) is 8.51. The highest BCUT2D eigenvalue weighted by Gasteiger charge is 2.39. The first-order chi connectivity index (χ1) is 6.35. The van der Waals surface area contributed by atoms with E-state index in [2.05, 4.69) is 10.2 Å². The molecule has 0 saturated carbocycles. The molecule has 2 aliphatic heterocycles. The summed E-state index contributed by atoms with van der Waals surface area (Å²) in [4.78, 5) is 2.52. The van der Waals surface area contributed by atoms with Crippen LogP contribution in [0.4, 0.5) is 0 Å². The summed E-state index contributed by atoms with van der Waals surface area (Å²) in [5.74, 6) is 0. The molecule has 0 unspecified atom stereocenters. The SMILES string of the molecule is COCCN1CCC2(CC1)CNC2. The van der Waals surface area contributed by atoms with E-state index < -0.39 is 0 Å². The van der Waals surface area contributed by atoms with Gasteiger partial charge in [-0.25, -0.2) is 0 Å². The topological polar surface area (TPSA) is 24.5 Å². The fourth-order valence-corrected chi connectivity index (χ4v) is 2.30. The van der Waals surface area contributed by atoms with Crippen molar-refractivity contribution in [1.29, 1.82) is 0 Å². The maximum atomic E-state index is 5.08. The number of hydrogen-bond acceptors (Lipinski definition) is 3. The molecule has 0 aromatic heterocycles. The van der Waals surface area contributed by atoms with Gasteiger partial charge in [0, 0.05) is 26.7 Å². The lowest BCUT2D eigenvalue weighted by Gasteiger charge is -2.48. The Balaban J connectivity index is 1.70. The van der Waals surface area contributed by atoms with E-state index in [1.165, 1.54) is 39.0 Å². The van der Waals surface area contributed by atoms with Gasteiger partial charge in [-0.1, -0.05) is 0 Å². The zero-order chi connectivity index (χ0) is 9.15. The highest BCUT2D eigenvalue weighted by atomic mass is 16.5. The van der Waals surface area contributed by atoms with Crippen LogP contribution in [0.15, 0.2) is 0 Å². The summed E-state index contributed by atoms with van der Waals surface area (Å²) in [5, 5.41) is 3.39. The molecule has 2 fully saturated rings. The van der Waals surface area contributed by atoms with Crippen molar-refractivity contribution in [2.45, 2.75) is 12.8 Å². The number of nitrogens with zero attached hydrogens (tertiary/aromatic N) is 1. The van der Waals surface area contributed by atoms with Gasteiger partial charge >= 0.3 is 0 Å². The van der Waals surface area contributed by atoms with Crippen LogP contribution >= 0.6 is 0 Å². The van der Waals surface area contributed by atoms with E-state index in [0.717, 1.165) is 13.2 Å². The zero-order valence-corrected chi connectivity index (χ0v) is 8.51. The van der Waals surface area contributed by atoms with Crippen molar-refractivity contribution >= 4 is 0 Å². The Morgan fingerprint density at radius 3 is 2.46 bits per heavy atom. The minimum Gasteiger partial charge on any atom is -0.383 e. The van der Waals surface area contributed by atoms with Crippen LogP contribution in [0.5, 0.6) is 0 Å². The Kier molecular flexibility index (Phi) is 2.86. The third kappa shape index (κ3) is 2.03. The van der Waals surface area contributed by atoms with Gasteiger partial charge in [0.2, 0.25) is 0 Å². The molecule has 0 radical (unpaired) electrons. The number of rotatable bonds is 3. The summed E-state index contributed by atoms with van der Waals surface area (Å²) < 4.78 is 5.08. The maximum absolute atomic E-state index is 5.08. The van der Waals surface area contributed by atoms with Crippen molar-refractivity contribution in [3.05, 3.63) is 0 Å². The van der Waals surface area contributed by atoms with E-state index in [0.29, 0.717) is 5.41 Å². The minimum absolute atomic E-state index is 0.684. The lowest BCUT2D eigenvalue weighted by molar-refractivity contribution is 0.0428. The van der Waals surface area contributed by atoms with E-state index in [-0.39, 0.29) is 0 Å². The molecule has 2 rings (SSSR count). The fraction of sp³-hybridized carbons (Fsp3) is 1.00. The van der Waals surface area contributed by atoms with Crippen molar-refractivity contribution in [1.82, 2.24) is 10.2 Å². The first-order valence-corrected chi connectivity index (χ1v) is 5.27. The summed E-state index contributed by atoms with van der Waals surface area (Å²) >= 11 is 0. The largest absolute Gasteiger partial charge is 0.383 e. The van der Waals surface area contributed by atoms with Crippen LogP contribution in [0.25, 0.3) is 0 Å². The van der Waals surface area contributed by atoms with Gasteiger partial charge in [0.1, 0.15) is 0 Å². The van der Waals surface area contributed by atoms with Crippen LogP contribution in [0.3, 0.4) is 0 Å². The van der Waals surface area contributed by atoms with Crippen molar-refractivity contribution in [3.8, 4) is 0 Å². The number of ether oxygens (including phenoxy) is 1. The number of nitrogens with one attached hydrogen (secondary N) is 1. The summed E-state index contributed by atoms with van der Waals surface area (Å²) in [6.45, 7) is 7.04. The molecule has 2 aliphatic rings. The Morgan fingerprint density at radius 2 is 2.00 bits per heavy atom. The van der Waals surface area contributed by atoms with Crippen LogP contribution in [0.1, 0.15) is 12.8 Å². The third-order valence-electron chi connectivity index (χ3n) is 3.53. The van der Waals surface area contributed by atoms with Crippen LogP contribution in [0, 0.1) is 5.41 Å². The molecule has 76 valence electrons. The van der Waals surface area contributed by atoms with Crippen molar-refractivity contribution in [2.24, 2.45) is 5.41 Å². The molecule has 1 spiro atoms. The summed E-state index contributed by atoms with van der Waals surface area (Å²) in [6, 6.07) is 0. The second-order valence-corrected chi connectivity index (χ2v) is 4.44. The molecule has 13 heavy (non-hydrogen) atoms. The molecule has 0 bridgehead atoms. The molecule has 0 aliphatic carbocycles. The second kappa shape index (κ2) is 3.95. The molecule has 3 heteroatoms. The smallest absolute Gasteiger partial charge is 0.0589 e. The van der Waals surface area contributed by atoms with Crippen molar-refractivity contribution < 1.29 is 4.74 Å². The van der Waals surface area contributed by atoms with Crippen molar-refractivity contribution in [2.75, 3.05) is 46.4 Å². The molecular weight excluding hydrogens is 164 g/mol. The third-order valence-corrected chi connectivity index (χ3v) is 3.53.